The lowest BCUT2D eigenvalue weighted by Gasteiger charge is -2.26. The molecule has 0 N–H and O–H groups in total. The van der Waals surface area contributed by atoms with Gasteiger partial charge in [0.1, 0.15) is 5.69 Å². The van der Waals surface area contributed by atoms with Gasteiger partial charge in [-0.15, -0.1) is 35.3 Å². The van der Waals surface area contributed by atoms with Crippen molar-refractivity contribution in [2.24, 2.45) is 0 Å². The molecule has 0 saturated carbocycles. The van der Waals surface area contributed by atoms with E-state index in [4.69, 9.17) is 0 Å². The van der Waals surface area contributed by atoms with Crippen LogP contribution in [0.3, 0.4) is 0 Å². The predicted octanol–water partition coefficient (Wildman–Crippen LogP) is 3.65. The van der Waals surface area contributed by atoms with E-state index in [9.17, 15) is 13.2 Å². The molecule has 8 heteroatoms. The first-order valence-electron chi connectivity index (χ1n) is 6.61. The van der Waals surface area contributed by atoms with Crippen LogP contribution < -0.4 is 0 Å². The second-order valence-corrected chi connectivity index (χ2v) is 10.2. The smallest absolute Gasteiger partial charge is 0.268 e. The van der Waals surface area contributed by atoms with Gasteiger partial charge in [-0.2, -0.15) is 0 Å². The van der Waals surface area contributed by atoms with Gasteiger partial charge in [-0.25, -0.2) is 12.4 Å². The molecule has 0 aliphatic rings. The zero-order valence-electron chi connectivity index (χ0n) is 12.9. The minimum Gasteiger partial charge on any atom is -0.289 e. The first-order chi connectivity index (χ1) is 10.9. The number of rotatable bonds is 7. The van der Waals surface area contributed by atoms with Crippen molar-refractivity contribution in [2.75, 3.05) is 18.8 Å². The molecule has 0 spiro atoms. The van der Waals surface area contributed by atoms with Crippen LogP contribution in [0, 0.1) is 0 Å². The lowest BCUT2D eigenvalue weighted by atomic mass is 10.3. The fourth-order valence-corrected chi connectivity index (χ4v) is 6.37. The lowest BCUT2D eigenvalue weighted by molar-refractivity contribution is 0.0997. The SMILES string of the molecule is CSC(SC)(SC)C(=O)c1cccn1S(=O)(=O)c1ccccc1. The quantitative estimate of drug-likeness (QED) is 0.534. The summed E-state index contributed by atoms with van der Waals surface area (Å²) in [6.07, 6.45) is 6.97. The van der Waals surface area contributed by atoms with E-state index in [0.29, 0.717) is 0 Å². The van der Waals surface area contributed by atoms with Crippen LogP contribution in [0.2, 0.25) is 0 Å². The average molecular weight is 388 g/mol. The fraction of sp³-hybridized carbons (Fsp3) is 0.267. The van der Waals surface area contributed by atoms with Gasteiger partial charge < -0.3 is 0 Å². The van der Waals surface area contributed by atoms with E-state index >= 15 is 0 Å². The van der Waals surface area contributed by atoms with E-state index in [1.165, 1.54) is 53.6 Å². The van der Waals surface area contributed by atoms with Gasteiger partial charge in [-0.05, 0) is 43.0 Å². The second-order valence-electron chi connectivity index (χ2n) is 4.51. The molecular weight excluding hydrogens is 370 g/mol. The highest BCUT2D eigenvalue weighted by Crippen LogP contribution is 2.45. The first kappa shape index (κ1) is 18.5. The van der Waals surface area contributed by atoms with Crippen molar-refractivity contribution in [3.63, 3.8) is 0 Å². The number of benzene rings is 1. The molecule has 0 amide bonds. The van der Waals surface area contributed by atoms with Crippen molar-refractivity contribution in [2.45, 2.75) is 8.31 Å². The Morgan fingerprint density at radius 2 is 1.52 bits per heavy atom. The van der Waals surface area contributed by atoms with Crippen molar-refractivity contribution < 1.29 is 13.2 Å². The summed E-state index contributed by atoms with van der Waals surface area (Å²) in [5, 5.41) is 0. The first-order valence-corrected chi connectivity index (χ1v) is 11.7. The molecule has 0 atom stereocenters. The number of carbonyl (C=O) groups excluding carboxylic acids is 1. The number of hydrogen-bond donors (Lipinski definition) is 0. The lowest BCUT2D eigenvalue weighted by Crippen LogP contribution is -2.30. The molecular formula is C15H17NO3S4. The second kappa shape index (κ2) is 7.38. The zero-order valence-corrected chi connectivity index (χ0v) is 16.2. The maximum absolute atomic E-state index is 13.0. The Hall–Kier alpha value is -0.830. The molecule has 0 saturated heterocycles. The van der Waals surface area contributed by atoms with E-state index < -0.39 is 13.4 Å². The molecule has 2 rings (SSSR count). The van der Waals surface area contributed by atoms with Crippen molar-refractivity contribution in [3.05, 3.63) is 54.4 Å². The number of carbonyl (C=O) groups is 1. The van der Waals surface area contributed by atoms with Crippen LogP contribution in [0.4, 0.5) is 0 Å². The summed E-state index contributed by atoms with van der Waals surface area (Å²) in [5.74, 6) is -0.213. The number of aromatic nitrogens is 1. The Balaban J connectivity index is 2.55. The van der Waals surface area contributed by atoms with E-state index in [0.717, 1.165) is 3.97 Å². The monoisotopic (exact) mass is 387 g/mol. The number of hydrogen-bond acceptors (Lipinski definition) is 6. The maximum atomic E-state index is 13.0. The highest BCUT2D eigenvalue weighted by Gasteiger charge is 2.39. The minimum atomic E-state index is -3.79. The topological polar surface area (TPSA) is 56.1 Å². The van der Waals surface area contributed by atoms with Gasteiger partial charge in [0.15, 0.2) is 3.41 Å². The standard InChI is InChI=1S/C15H17NO3S4/c1-20-15(21-2,22-3)14(17)13-10-7-11-16(13)23(18,19)12-8-5-4-6-9-12/h4-11H,1-3H3. The van der Waals surface area contributed by atoms with Crippen LogP contribution in [-0.4, -0.2) is 40.4 Å². The fourth-order valence-electron chi connectivity index (χ4n) is 2.14. The molecule has 0 aliphatic heterocycles. The van der Waals surface area contributed by atoms with Gasteiger partial charge in [0, 0.05) is 6.20 Å². The summed E-state index contributed by atoms with van der Waals surface area (Å²) in [7, 11) is -3.79. The van der Waals surface area contributed by atoms with Crippen molar-refractivity contribution in [1.29, 1.82) is 0 Å². The van der Waals surface area contributed by atoms with Crippen LogP contribution in [-0.2, 0) is 10.0 Å². The molecule has 0 radical (unpaired) electrons. The van der Waals surface area contributed by atoms with Gasteiger partial charge in [-0.1, -0.05) is 18.2 Å². The molecule has 0 fully saturated rings. The number of nitrogens with zero attached hydrogens (tertiary/aromatic N) is 1. The van der Waals surface area contributed by atoms with Crippen LogP contribution in [0.25, 0.3) is 0 Å². The van der Waals surface area contributed by atoms with Crippen LogP contribution >= 0.6 is 35.3 Å². The zero-order chi connectivity index (χ0) is 17.1. The molecule has 1 aromatic carbocycles. The van der Waals surface area contributed by atoms with E-state index in [-0.39, 0.29) is 16.4 Å². The third kappa shape index (κ3) is 3.35. The predicted molar refractivity (Wildman–Crippen MR) is 101 cm³/mol. The van der Waals surface area contributed by atoms with Crippen molar-refractivity contribution in [3.8, 4) is 0 Å². The van der Waals surface area contributed by atoms with Gasteiger partial charge >= 0.3 is 0 Å². The van der Waals surface area contributed by atoms with Crippen LogP contribution in [0.1, 0.15) is 10.5 Å². The molecule has 0 bridgehead atoms. The van der Waals surface area contributed by atoms with Gasteiger partial charge in [0.25, 0.3) is 10.0 Å². The van der Waals surface area contributed by atoms with Crippen molar-refractivity contribution >= 4 is 51.1 Å². The Morgan fingerprint density at radius 3 is 2.04 bits per heavy atom. The Bertz CT molecular complexity index is 772. The van der Waals surface area contributed by atoms with Gasteiger partial charge in [0.2, 0.25) is 5.78 Å². The van der Waals surface area contributed by atoms with Crippen LogP contribution in [0.15, 0.2) is 53.6 Å². The maximum Gasteiger partial charge on any atom is 0.268 e. The Kier molecular flexibility index (Phi) is 5.94. The largest absolute Gasteiger partial charge is 0.289 e. The Labute approximate surface area is 149 Å². The van der Waals surface area contributed by atoms with E-state index in [1.807, 2.05) is 18.8 Å². The molecule has 0 aliphatic carbocycles. The highest BCUT2D eigenvalue weighted by atomic mass is 32.3. The molecule has 4 nitrogen and oxygen atoms in total. The molecule has 124 valence electrons. The highest BCUT2D eigenvalue weighted by molar-refractivity contribution is 8.34. The Morgan fingerprint density at radius 1 is 0.957 bits per heavy atom. The molecule has 2 aromatic rings. The molecule has 23 heavy (non-hydrogen) atoms. The number of Topliss-reactive ketones (excluding diaryl/α,β-unsaturated/α-hetero) is 1. The van der Waals surface area contributed by atoms with Gasteiger partial charge in [0.05, 0.1) is 4.90 Å². The van der Waals surface area contributed by atoms with Crippen LogP contribution in [0.5, 0.6) is 0 Å². The summed E-state index contributed by atoms with van der Waals surface area (Å²) in [6.45, 7) is 0. The normalized spacial score (nSPS) is 12.3. The third-order valence-electron chi connectivity index (χ3n) is 3.33. The summed E-state index contributed by atoms with van der Waals surface area (Å²) in [5.41, 5.74) is 0.173. The summed E-state index contributed by atoms with van der Waals surface area (Å²) in [4.78, 5) is 13.1. The minimum absolute atomic E-state index is 0.160. The summed E-state index contributed by atoms with van der Waals surface area (Å²) in [6, 6.07) is 11.3. The van der Waals surface area contributed by atoms with Crippen molar-refractivity contribution in [1.82, 2.24) is 3.97 Å². The molecule has 1 aromatic heterocycles. The summed E-state index contributed by atoms with van der Waals surface area (Å²) < 4.78 is 25.9. The third-order valence-corrected chi connectivity index (χ3v) is 10.2. The average Bonchev–Trinajstić information content (AvgIpc) is 3.08. The number of thioether (sulfide) groups is 3. The molecule has 1 heterocycles. The van der Waals surface area contributed by atoms with E-state index in [1.54, 1.807) is 30.3 Å². The van der Waals surface area contributed by atoms with Gasteiger partial charge in [-0.3, -0.25) is 4.79 Å². The molecule has 0 unspecified atom stereocenters. The number of ketones is 1. The summed E-state index contributed by atoms with van der Waals surface area (Å²) >= 11 is 4.22. The van der Waals surface area contributed by atoms with E-state index in [2.05, 4.69) is 0 Å².